The van der Waals surface area contributed by atoms with E-state index in [1.165, 1.54) is 12.1 Å². The Morgan fingerprint density at radius 3 is 1.82 bits per heavy atom. The van der Waals surface area contributed by atoms with Crippen molar-refractivity contribution in [1.82, 2.24) is 0 Å². The van der Waals surface area contributed by atoms with Crippen molar-refractivity contribution < 1.29 is 38.2 Å². The molecule has 0 fully saturated rings. The Bertz CT molecular complexity index is 1090. The monoisotopic (exact) mass is 526 g/mol. The van der Waals surface area contributed by atoms with Gasteiger partial charge in [-0.15, -0.1) is 0 Å². The summed E-state index contributed by atoms with van der Waals surface area (Å²) in [6.07, 6.45) is 1.77. The van der Waals surface area contributed by atoms with E-state index < -0.39 is 30.4 Å². The van der Waals surface area contributed by atoms with Crippen LogP contribution in [-0.2, 0) is 28.6 Å². The predicted octanol–water partition coefficient (Wildman–Crippen LogP) is 4.50. The molecule has 0 unspecified atom stereocenters. The molecule has 2 rings (SSSR count). The van der Waals surface area contributed by atoms with Crippen molar-refractivity contribution in [3.05, 3.63) is 59.7 Å². The maximum Gasteiger partial charge on any atom is 0.338 e. The number of carbonyl (C=O) groups excluding carboxylic acids is 5. The fourth-order valence-corrected chi connectivity index (χ4v) is 3.09. The standard InChI is InChI=1S/C28H34N2O8/c1-4-5-17-36-27(34)20-9-13-23(14-10-20)30-25(32)18-37-26(33)8-6-7-24(31)29-22-15-11-21(12-16-22)28(35)38-19(2)3/h9-16,19H,4-8,17-18H2,1-3H3,(H,29,31)(H,30,32). The fourth-order valence-electron chi connectivity index (χ4n) is 3.09. The average Bonchev–Trinajstić information content (AvgIpc) is 2.88. The first-order chi connectivity index (χ1) is 18.2. The van der Waals surface area contributed by atoms with Crippen molar-refractivity contribution in [3.8, 4) is 0 Å². The van der Waals surface area contributed by atoms with Gasteiger partial charge in [-0.25, -0.2) is 9.59 Å². The van der Waals surface area contributed by atoms with Crippen LogP contribution in [0, 0.1) is 0 Å². The third kappa shape index (κ3) is 11.2. The van der Waals surface area contributed by atoms with E-state index in [1.807, 2.05) is 6.92 Å². The summed E-state index contributed by atoms with van der Waals surface area (Å²) in [5.41, 5.74) is 1.70. The number of rotatable bonds is 14. The Kier molecular flexibility index (Phi) is 12.5. The lowest BCUT2D eigenvalue weighted by molar-refractivity contribution is -0.147. The molecule has 0 aliphatic rings. The van der Waals surface area contributed by atoms with Crippen LogP contribution >= 0.6 is 0 Å². The molecule has 0 aromatic heterocycles. The Balaban J connectivity index is 1.64. The molecule has 38 heavy (non-hydrogen) atoms. The summed E-state index contributed by atoms with van der Waals surface area (Å²) in [4.78, 5) is 59.8. The smallest absolute Gasteiger partial charge is 0.338 e. The molecule has 0 aliphatic heterocycles. The lowest BCUT2D eigenvalue weighted by atomic mass is 10.2. The Labute approximate surface area is 222 Å². The van der Waals surface area contributed by atoms with Crippen molar-refractivity contribution in [3.63, 3.8) is 0 Å². The average molecular weight is 527 g/mol. The maximum absolute atomic E-state index is 12.1. The van der Waals surface area contributed by atoms with E-state index >= 15 is 0 Å². The number of ether oxygens (including phenoxy) is 3. The minimum absolute atomic E-state index is 0.0322. The van der Waals surface area contributed by atoms with Gasteiger partial charge in [-0.2, -0.15) is 0 Å². The Morgan fingerprint density at radius 1 is 0.711 bits per heavy atom. The second-order valence-corrected chi connectivity index (χ2v) is 8.71. The van der Waals surface area contributed by atoms with Gasteiger partial charge < -0.3 is 24.8 Å². The van der Waals surface area contributed by atoms with Gasteiger partial charge in [0.05, 0.1) is 23.8 Å². The van der Waals surface area contributed by atoms with E-state index in [0.717, 1.165) is 12.8 Å². The van der Waals surface area contributed by atoms with Crippen LogP contribution in [0.3, 0.4) is 0 Å². The summed E-state index contributed by atoms with van der Waals surface area (Å²) in [7, 11) is 0. The van der Waals surface area contributed by atoms with E-state index in [4.69, 9.17) is 14.2 Å². The summed E-state index contributed by atoms with van der Waals surface area (Å²) in [5, 5.41) is 5.26. The summed E-state index contributed by atoms with van der Waals surface area (Å²) >= 11 is 0. The maximum atomic E-state index is 12.1. The van der Waals surface area contributed by atoms with Crippen LogP contribution < -0.4 is 10.6 Å². The van der Waals surface area contributed by atoms with E-state index in [-0.39, 0.29) is 31.3 Å². The molecular weight excluding hydrogens is 492 g/mol. The zero-order chi connectivity index (χ0) is 27.9. The van der Waals surface area contributed by atoms with E-state index in [2.05, 4.69) is 10.6 Å². The molecule has 0 radical (unpaired) electrons. The quantitative estimate of drug-likeness (QED) is 0.209. The number of nitrogens with one attached hydrogen (secondary N) is 2. The summed E-state index contributed by atoms with van der Waals surface area (Å²) in [5.74, 6) is -2.31. The molecule has 0 saturated heterocycles. The number of amides is 2. The summed E-state index contributed by atoms with van der Waals surface area (Å²) in [6.45, 7) is 5.40. The molecule has 0 bridgehead atoms. The van der Waals surface area contributed by atoms with Crippen LogP contribution in [-0.4, -0.2) is 49.0 Å². The highest BCUT2D eigenvalue weighted by Gasteiger charge is 2.12. The molecular formula is C28H34N2O8. The van der Waals surface area contributed by atoms with Crippen LogP contribution in [0.15, 0.2) is 48.5 Å². The number of hydrogen-bond donors (Lipinski definition) is 2. The van der Waals surface area contributed by atoms with Gasteiger partial charge in [0.25, 0.3) is 5.91 Å². The van der Waals surface area contributed by atoms with Crippen molar-refractivity contribution in [2.24, 2.45) is 0 Å². The number of unbranched alkanes of at least 4 members (excludes halogenated alkanes) is 1. The molecule has 10 nitrogen and oxygen atoms in total. The molecule has 2 aromatic rings. The van der Waals surface area contributed by atoms with Crippen molar-refractivity contribution in [1.29, 1.82) is 0 Å². The fraction of sp³-hybridized carbons (Fsp3) is 0.393. The summed E-state index contributed by atoms with van der Waals surface area (Å²) < 4.78 is 15.2. The van der Waals surface area contributed by atoms with Crippen LogP contribution in [0.25, 0.3) is 0 Å². The molecule has 204 valence electrons. The third-order valence-electron chi connectivity index (χ3n) is 5.03. The lowest BCUT2D eigenvalue weighted by Crippen LogP contribution is -2.21. The second-order valence-electron chi connectivity index (χ2n) is 8.71. The van der Waals surface area contributed by atoms with Crippen LogP contribution in [0.2, 0.25) is 0 Å². The first-order valence-corrected chi connectivity index (χ1v) is 12.5. The highest BCUT2D eigenvalue weighted by Crippen LogP contribution is 2.13. The van der Waals surface area contributed by atoms with Gasteiger partial charge in [0.1, 0.15) is 0 Å². The molecule has 0 heterocycles. The number of benzene rings is 2. The van der Waals surface area contributed by atoms with Crippen molar-refractivity contribution >= 4 is 41.1 Å². The minimum atomic E-state index is -0.605. The lowest BCUT2D eigenvalue weighted by Gasteiger charge is -2.09. The minimum Gasteiger partial charge on any atom is -0.462 e. The van der Waals surface area contributed by atoms with Gasteiger partial charge in [0.15, 0.2) is 6.61 Å². The number of hydrogen-bond acceptors (Lipinski definition) is 8. The van der Waals surface area contributed by atoms with Gasteiger partial charge in [0, 0.05) is 24.2 Å². The van der Waals surface area contributed by atoms with Gasteiger partial charge in [-0.3, -0.25) is 14.4 Å². The Hall–Kier alpha value is -4.21. The molecule has 0 atom stereocenters. The molecule has 2 amide bonds. The largest absolute Gasteiger partial charge is 0.462 e. The van der Waals surface area contributed by atoms with E-state index in [1.54, 1.807) is 50.2 Å². The molecule has 0 saturated carbocycles. The van der Waals surface area contributed by atoms with Crippen molar-refractivity contribution in [2.45, 2.75) is 59.0 Å². The zero-order valence-corrected chi connectivity index (χ0v) is 21.9. The second kappa shape index (κ2) is 15.8. The van der Waals surface area contributed by atoms with E-state index in [0.29, 0.717) is 29.1 Å². The molecule has 10 heteroatoms. The SMILES string of the molecule is CCCCOC(=O)c1ccc(NC(=O)COC(=O)CCCC(=O)Nc2ccc(C(=O)OC(C)C)cc2)cc1. The molecule has 0 aliphatic carbocycles. The van der Waals surface area contributed by atoms with Gasteiger partial charge in [0.2, 0.25) is 5.91 Å². The van der Waals surface area contributed by atoms with Gasteiger partial charge in [-0.1, -0.05) is 13.3 Å². The highest BCUT2D eigenvalue weighted by molar-refractivity contribution is 5.95. The van der Waals surface area contributed by atoms with Crippen molar-refractivity contribution in [2.75, 3.05) is 23.8 Å². The van der Waals surface area contributed by atoms with Gasteiger partial charge >= 0.3 is 17.9 Å². The molecule has 2 N–H and O–H groups in total. The number of anilines is 2. The normalized spacial score (nSPS) is 10.4. The molecule has 2 aromatic carbocycles. The Morgan fingerprint density at radius 2 is 1.26 bits per heavy atom. The van der Waals surface area contributed by atoms with E-state index in [9.17, 15) is 24.0 Å². The topological polar surface area (TPSA) is 137 Å². The zero-order valence-electron chi connectivity index (χ0n) is 21.9. The summed E-state index contributed by atoms with van der Waals surface area (Å²) in [6, 6.07) is 12.5. The van der Waals surface area contributed by atoms with Crippen LogP contribution in [0.4, 0.5) is 11.4 Å². The number of carbonyl (C=O) groups is 5. The predicted molar refractivity (Wildman–Crippen MR) is 141 cm³/mol. The van der Waals surface area contributed by atoms with Gasteiger partial charge in [-0.05, 0) is 75.2 Å². The first kappa shape index (κ1) is 30.0. The highest BCUT2D eigenvalue weighted by atomic mass is 16.5. The van der Waals surface area contributed by atoms with Crippen LogP contribution in [0.5, 0.6) is 0 Å². The third-order valence-corrected chi connectivity index (χ3v) is 5.03. The number of esters is 3. The first-order valence-electron chi connectivity index (χ1n) is 12.5. The van der Waals surface area contributed by atoms with Crippen LogP contribution in [0.1, 0.15) is 73.6 Å². The molecule has 0 spiro atoms.